The quantitative estimate of drug-likeness (QED) is 0.774. The van der Waals surface area contributed by atoms with Gasteiger partial charge in [0, 0.05) is 23.2 Å². The summed E-state index contributed by atoms with van der Waals surface area (Å²) in [6.07, 6.45) is 1.62. The van der Waals surface area contributed by atoms with Gasteiger partial charge in [-0.15, -0.1) is 0 Å². The summed E-state index contributed by atoms with van der Waals surface area (Å²) >= 11 is 8.92. The van der Waals surface area contributed by atoms with Crippen LogP contribution in [0.1, 0.15) is 5.56 Å². The van der Waals surface area contributed by atoms with E-state index in [4.69, 9.17) is 16.3 Å². The molecule has 88 valence electrons. The van der Waals surface area contributed by atoms with Gasteiger partial charge in [0.25, 0.3) is 0 Å². The predicted octanol–water partition coefficient (Wildman–Crippen LogP) is 4.56. The van der Waals surface area contributed by atoms with Crippen LogP contribution < -0.4 is 4.74 Å². The Morgan fingerprint density at radius 1 is 1.35 bits per heavy atom. The third kappa shape index (κ3) is 2.96. The van der Waals surface area contributed by atoms with E-state index in [2.05, 4.69) is 20.9 Å². The van der Waals surface area contributed by atoms with Gasteiger partial charge in [-0.2, -0.15) is 0 Å². The van der Waals surface area contributed by atoms with E-state index in [-0.39, 0.29) is 5.02 Å². The van der Waals surface area contributed by atoms with Gasteiger partial charge >= 0.3 is 0 Å². The topological polar surface area (TPSA) is 22.1 Å². The van der Waals surface area contributed by atoms with Gasteiger partial charge in [0.1, 0.15) is 11.6 Å². The zero-order valence-corrected chi connectivity index (χ0v) is 11.0. The molecule has 0 radical (unpaired) electrons. The monoisotopic (exact) mass is 315 g/mol. The molecule has 0 aliphatic carbocycles. The molecule has 0 unspecified atom stereocenters. The van der Waals surface area contributed by atoms with Crippen LogP contribution in [0.25, 0.3) is 0 Å². The van der Waals surface area contributed by atoms with Gasteiger partial charge in [-0.3, -0.25) is 0 Å². The molecule has 5 heteroatoms. The number of ether oxygens (including phenoxy) is 1. The van der Waals surface area contributed by atoms with Crippen LogP contribution in [-0.4, -0.2) is 4.98 Å². The highest BCUT2D eigenvalue weighted by atomic mass is 79.9. The molecule has 2 nitrogen and oxygen atoms in total. The van der Waals surface area contributed by atoms with Crippen molar-refractivity contribution in [1.29, 1.82) is 0 Å². The molecule has 0 aliphatic rings. The Labute approximate surface area is 112 Å². The first-order chi connectivity index (χ1) is 8.20. The van der Waals surface area contributed by atoms with Crippen LogP contribution >= 0.6 is 27.5 Å². The fourth-order valence-corrected chi connectivity index (χ4v) is 1.81. The fraction of sp³-hybridized carbons (Fsp3) is 0.0833. The Bertz CT molecular complexity index is 536. The Balaban J connectivity index is 2.28. The molecule has 0 aliphatic heterocycles. The normalized spacial score (nSPS) is 10.3. The smallest absolute Gasteiger partial charge is 0.223 e. The lowest BCUT2D eigenvalue weighted by Gasteiger charge is -2.08. The Hall–Kier alpha value is -1.13. The van der Waals surface area contributed by atoms with E-state index in [9.17, 15) is 4.39 Å². The molecule has 1 heterocycles. The maximum Gasteiger partial charge on any atom is 0.223 e. The molecule has 0 fully saturated rings. The van der Waals surface area contributed by atoms with Gasteiger partial charge in [0.2, 0.25) is 5.88 Å². The van der Waals surface area contributed by atoms with Crippen molar-refractivity contribution in [3.05, 3.63) is 52.9 Å². The number of halogens is 3. The number of pyridine rings is 1. The second kappa shape index (κ2) is 5.47. The van der Waals surface area contributed by atoms with E-state index >= 15 is 0 Å². The van der Waals surface area contributed by atoms with Gasteiger partial charge < -0.3 is 4.74 Å². The van der Waals surface area contributed by atoms with Gasteiger partial charge in [-0.25, -0.2) is 9.37 Å². The molecule has 0 bridgehead atoms. The summed E-state index contributed by atoms with van der Waals surface area (Å²) in [5.41, 5.74) is 0.892. The fourth-order valence-electron chi connectivity index (χ4n) is 1.27. The van der Waals surface area contributed by atoms with E-state index in [1.54, 1.807) is 12.3 Å². The predicted molar refractivity (Wildman–Crippen MR) is 68.4 cm³/mol. The van der Waals surface area contributed by atoms with Crippen LogP contribution in [0.2, 0.25) is 5.02 Å². The molecular formula is C12H8BrClFNO. The summed E-state index contributed by atoms with van der Waals surface area (Å²) in [5, 5.41) is 0.686. The number of hydrogen-bond donors (Lipinski definition) is 0. The number of nitrogens with zero attached hydrogens (tertiary/aromatic N) is 1. The minimum absolute atomic E-state index is 0.0686. The number of alkyl halides is 1. The summed E-state index contributed by atoms with van der Waals surface area (Å²) in [4.78, 5) is 4.09. The lowest BCUT2D eigenvalue weighted by Crippen LogP contribution is -1.92. The van der Waals surface area contributed by atoms with Gasteiger partial charge in [-0.05, 0) is 18.2 Å². The Morgan fingerprint density at radius 3 is 2.88 bits per heavy atom. The van der Waals surface area contributed by atoms with Crippen molar-refractivity contribution in [1.82, 2.24) is 4.98 Å². The minimum Gasteiger partial charge on any atom is -0.439 e. The van der Waals surface area contributed by atoms with Crippen LogP contribution in [0.4, 0.5) is 4.39 Å². The zero-order chi connectivity index (χ0) is 12.3. The highest BCUT2D eigenvalue weighted by molar-refractivity contribution is 9.08. The first-order valence-electron chi connectivity index (χ1n) is 4.83. The van der Waals surface area contributed by atoms with Crippen molar-refractivity contribution in [2.45, 2.75) is 5.33 Å². The average molecular weight is 317 g/mol. The summed E-state index contributed by atoms with van der Waals surface area (Å²) < 4.78 is 18.7. The first kappa shape index (κ1) is 12.3. The average Bonchev–Trinajstić information content (AvgIpc) is 2.34. The number of rotatable bonds is 3. The second-order valence-electron chi connectivity index (χ2n) is 3.28. The minimum atomic E-state index is -0.513. The molecule has 0 N–H and O–H groups in total. The molecule has 1 aromatic carbocycles. The van der Waals surface area contributed by atoms with E-state index in [0.29, 0.717) is 17.0 Å². The molecule has 0 saturated heterocycles. The van der Waals surface area contributed by atoms with Crippen molar-refractivity contribution >= 4 is 27.5 Å². The molecule has 2 aromatic rings. The van der Waals surface area contributed by atoms with Crippen molar-refractivity contribution < 1.29 is 9.13 Å². The third-order valence-corrected chi connectivity index (χ3v) is 3.01. The molecule has 0 atom stereocenters. The van der Waals surface area contributed by atoms with Gasteiger partial charge in [-0.1, -0.05) is 33.6 Å². The van der Waals surface area contributed by atoms with Crippen LogP contribution in [0.3, 0.4) is 0 Å². The van der Waals surface area contributed by atoms with Crippen LogP contribution in [-0.2, 0) is 5.33 Å². The molecular weight excluding hydrogens is 308 g/mol. The molecule has 0 saturated carbocycles. The van der Waals surface area contributed by atoms with Crippen molar-refractivity contribution in [2.24, 2.45) is 0 Å². The Kier molecular flexibility index (Phi) is 3.97. The van der Waals surface area contributed by atoms with E-state index in [1.165, 1.54) is 12.1 Å². The lowest BCUT2D eigenvalue weighted by atomic mass is 10.3. The van der Waals surface area contributed by atoms with Crippen molar-refractivity contribution in [3.8, 4) is 11.6 Å². The van der Waals surface area contributed by atoms with Crippen LogP contribution in [0.15, 0.2) is 36.5 Å². The number of benzene rings is 1. The lowest BCUT2D eigenvalue weighted by molar-refractivity contribution is 0.454. The maximum absolute atomic E-state index is 13.2. The molecule has 1 aromatic heterocycles. The summed E-state index contributed by atoms with van der Waals surface area (Å²) in [5.74, 6) is 0.305. The van der Waals surface area contributed by atoms with E-state index in [1.807, 2.05) is 12.1 Å². The largest absolute Gasteiger partial charge is 0.439 e. The zero-order valence-electron chi connectivity index (χ0n) is 8.66. The molecule has 17 heavy (non-hydrogen) atoms. The van der Waals surface area contributed by atoms with Gasteiger partial charge in [0.05, 0.1) is 5.02 Å². The summed E-state index contributed by atoms with van der Waals surface area (Å²) in [6.45, 7) is 0. The molecule has 2 rings (SSSR count). The van der Waals surface area contributed by atoms with Crippen molar-refractivity contribution in [2.75, 3.05) is 0 Å². The number of hydrogen-bond acceptors (Lipinski definition) is 2. The first-order valence-corrected chi connectivity index (χ1v) is 6.33. The van der Waals surface area contributed by atoms with Crippen LogP contribution in [0.5, 0.6) is 11.6 Å². The maximum atomic E-state index is 13.2. The SMILES string of the molecule is Fc1cc(Oc2ncccc2CBr)ccc1Cl. The summed E-state index contributed by atoms with van der Waals surface area (Å²) in [7, 11) is 0. The molecule has 0 amide bonds. The van der Waals surface area contributed by atoms with E-state index in [0.717, 1.165) is 5.56 Å². The molecule has 0 spiro atoms. The summed E-state index contributed by atoms with van der Waals surface area (Å²) in [6, 6.07) is 7.96. The van der Waals surface area contributed by atoms with Crippen LogP contribution in [0, 0.1) is 5.82 Å². The highest BCUT2D eigenvalue weighted by Crippen LogP contribution is 2.27. The highest BCUT2D eigenvalue weighted by Gasteiger charge is 2.07. The van der Waals surface area contributed by atoms with Gasteiger partial charge in [0.15, 0.2) is 0 Å². The standard InChI is InChI=1S/C12H8BrClFNO/c13-7-8-2-1-5-16-12(8)17-9-3-4-10(14)11(15)6-9/h1-6H,7H2. The van der Waals surface area contributed by atoms with E-state index < -0.39 is 5.82 Å². The number of aromatic nitrogens is 1. The Morgan fingerprint density at radius 2 is 2.18 bits per heavy atom. The van der Waals surface area contributed by atoms with Crippen molar-refractivity contribution in [3.63, 3.8) is 0 Å². The second-order valence-corrected chi connectivity index (χ2v) is 4.25. The third-order valence-electron chi connectivity index (χ3n) is 2.10.